The van der Waals surface area contributed by atoms with E-state index < -0.39 is 0 Å². The summed E-state index contributed by atoms with van der Waals surface area (Å²) in [5.74, 6) is 0.902. The molecule has 0 aliphatic carbocycles. The van der Waals surface area contributed by atoms with E-state index in [1.807, 2.05) is 26.0 Å². The Morgan fingerprint density at radius 1 is 1.15 bits per heavy atom. The Balaban J connectivity index is 2.57. The normalized spacial score (nSPS) is 12.2. The molecular weight excluding hydrogens is 266 g/mol. The Morgan fingerprint density at radius 3 is 2.15 bits per heavy atom. The van der Waals surface area contributed by atoms with Crippen molar-refractivity contribution >= 4 is 17.2 Å². The van der Waals surface area contributed by atoms with Gasteiger partial charge in [-0.2, -0.15) is 0 Å². The van der Waals surface area contributed by atoms with E-state index in [9.17, 15) is 0 Å². The molecule has 2 N–H and O–H groups in total. The molecule has 0 spiro atoms. The van der Waals surface area contributed by atoms with Crippen molar-refractivity contribution in [3.63, 3.8) is 0 Å². The van der Waals surface area contributed by atoms with E-state index in [2.05, 4.69) is 32.9 Å². The number of thiocarbonyl (C=S) groups is 1. The van der Waals surface area contributed by atoms with Gasteiger partial charge in [0, 0.05) is 5.41 Å². The molecule has 0 heterocycles. The summed E-state index contributed by atoms with van der Waals surface area (Å²) in [7, 11) is 0. The third kappa shape index (κ3) is 4.48. The molecule has 112 valence electrons. The van der Waals surface area contributed by atoms with Crippen molar-refractivity contribution in [2.45, 2.75) is 52.9 Å². The molecule has 0 aliphatic rings. The van der Waals surface area contributed by atoms with Crippen LogP contribution in [0, 0.1) is 5.41 Å². The molecule has 0 fully saturated rings. The highest BCUT2D eigenvalue weighted by Crippen LogP contribution is 2.28. The number of nitrogens with two attached hydrogens (primary N) is 1. The first-order chi connectivity index (χ1) is 9.19. The summed E-state index contributed by atoms with van der Waals surface area (Å²) in [6.45, 7) is 11.4. The van der Waals surface area contributed by atoms with Crippen LogP contribution in [0.15, 0.2) is 24.3 Å². The quantitative estimate of drug-likeness (QED) is 0.754. The number of hydrogen-bond acceptors (Lipinski definition) is 2. The highest BCUT2D eigenvalue weighted by molar-refractivity contribution is 7.80. The third-order valence-corrected chi connectivity index (χ3v) is 4.74. The molecule has 0 saturated carbocycles. The minimum atomic E-state index is -0.153. The number of ether oxygens (including phenoxy) is 1. The second-order valence-corrected chi connectivity index (χ2v) is 7.05. The molecule has 20 heavy (non-hydrogen) atoms. The van der Waals surface area contributed by atoms with Crippen LogP contribution in [0.3, 0.4) is 0 Å². The number of benzene rings is 1. The Hall–Kier alpha value is -1.09. The van der Waals surface area contributed by atoms with Crippen LogP contribution in [-0.4, -0.2) is 11.6 Å². The number of rotatable bonds is 7. The lowest BCUT2D eigenvalue weighted by Gasteiger charge is -2.24. The van der Waals surface area contributed by atoms with Crippen LogP contribution in [0.2, 0.25) is 0 Å². The maximum atomic E-state index is 5.78. The lowest BCUT2D eigenvalue weighted by molar-refractivity contribution is 0.270. The van der Waals surface area contributed by atoms with Crippen molar-refractivity contribution in [1.29, 1.82) is 0 Å². The van der Waals surface area contributed by atoms with Gasteiger partial charge in [0.2, 0.25) is 0 Å². The van der Waals surface area contributed by atoms with Gasteiger partial charge in [0.05, 0.1) is 11.6 Å². The van der Waals surface area contributed by atoms with Gasteiger partial charge in [-0.15, -0.1) is 0 Å². The number of hydrogen-bond donors (Lipinski definition) is 1. The predicted molar refractivity (Wildman–Crippen MR) is 90.4 cm³/mol. The molecule has 1 rings (SSSR count). The van der Waals surface area contributed by atoms with Gasteiger partial charge in [0.1, 0.15) is 5.75 Å². The van der Waals surface area contributed by atoms with E-state index in [0.717, 1.165) is 18.6 Å². The largest absolute Gasteiger partial charge is 0.494 e. The average molecular weight is 293 g/mol. The molecule has 3 heteroatoms. The molecule has 1 aromatic rings. The molecule has 0 unspecified atom stereocenters. The molecule has 0 atom stereocenters. The third-order valence-electron chi connectivity index (χ3n) is 4.18. The van der Waals surface area contributed by atoms with Gasteiger partial charge in [-0.25, -0.2) is 0 Å². The first kappa shape index (κ1) is 17.0. The molecule has 0 aromatic heterocycles. The Labute approximate surface area is 128 Å². The summed E-state index contributed by atoms with van der Waals surface area (Å²) in [5, 5.41) is 0. The van der Waals surface area contributed by atoms with Crippen LogP contribution >= 0.6 is 12.2 Å². The summed E-state index contributed by atoms with van der Waals surface area (Å²) in [4.78, 5) is 0.543. The standard InChI is InChI=1S/C17H27NOS/c1-6-16(2,3)13-7-9-14(10-8-13)19-12-11-17(4,5)15(18)20/h7-10H,6,11-12H2,1-5H3,(H2,18,20). The van der Waals surface area contributed by atoms with Crippen molar-refractivity contribution in [3.05, 3.63) is 29.8 Å². The minimum absolute atomic E-state index is 0.153. The first-order valence-corrected chi connectivity index (χ1v) is 7.63. The fourth-order valence-corrected chi connectivity index (χ4v) is 1.86. The zero-order valence-corrected chi connectivity index (χ0v) is 14.1. The van der Waals surface area contributed by atoms with E-state index in [-0.39, 0.29) is 10.8 Å². The SMILES string of the molecule is CCC(C)(C)c1ccc(OCCC(C)(C)C(N)=S)cc1. The lowest BCUT2D eigenvalue weighted by atomic mass is 9.82. The second-order valence-electron chi connectivity index (χ2n) is 6.61. The van der Waals surface area contributed by atoms with Gasteiger partial charge >= 0.3 is 0 Å². The van der Waals surface area contributed by atoms with Gasteiger partial charge in [0.25, 0.3) is 0 Å². The highest BCUT2D eigenvalue weighted by Gasteiger charge is 2.21. The summed E-state index contributed by atoms with van der Waals surface area (Å²) >= 11 is 5.06. The maximum absolute atomic E-state index is 5.78. The summed E-state index contributed by atoms with van der Waals surface area (Å²) in [6, 6.07) is 8.39. The molecule has 0 bridgehead atoms. The zero-order chi connectivity index (χ0) is 15.4. The van der Waals surface area contributed by atoms with Crippen molar-refractivity contribution in [2.24, 2.45) is 11.1 Å². The molecule has 2 nitrogen and oxygen atoms in total. The Morgan fingerprint density at radius 2 is 1.70 bits per heavy atom. The molecule has 1 aromatic carbocycles. The monoisotopic (exact) mass is 293 g/mol. The minimum Gasteiger partial charge on any atom is -0.494 e. The second kappa shape index (κ2) is 6.57. The van der Waals surface area contributed by atoms with Crippen LogP contribution in [0.4, 0.5) is 0 Å². The van der Waals surface area contributed by atoms with Crippen molar-refractivity contribution < 1.29 is 4.74 Å². The van der Waals surface area contributed by atoms with Gasteiger partial charge in [-0.1, -0.05) is 59.0 Å². The molecule has 0 radical (unpaired) electrons. The van der Waals surface area contributed by atoms with Crippen molar-refractivity contribution in [3.8, 4) is 5.75 Å². The van der Waals surface area contributed by atoms with Gasteiger partial charge < -0.3 is 10.5 Å². The maximum Gasteiger partial charge on any atom is 0.119 e. The van der Waals surface area contributed by atoms with E-state index in [0.29, 0.717) is 11.6 Å². The van der Waals surface area contributed by atoms with Crippen molar-refractivity contribution in [1.82, 2.24) is 0 Å². The smallest absolute Gasteiger partial charge is 0.119 e. The average Bonchev–Trinajstić information content (AvgIpc) is 2.39. The van der Waals surface area contributed by atoms with Crippen molar-refractivity contribution in [2.75, 3.05) is 6.61 Å². The highest BCUT2D eigenvalue weighted by atomic mass is 32.1. The van der Waals surface area contributed by atoms with E-state index in [4.69, 9.17) is 22.7 Å². The van der Waals surface area contributed by atoms with E-state index in [1.54, 1.807) is 0 Å². The van der Waals surface area contributed by atoms with E-state index in [1.165, 1.54) is 5.56 Å². The molecule has 0 saturated heterocycles. The van der Waals surface area contributed by atoms with Gasteiger partial charge in [-0.3, -0.25) is 0 Å². The van der Waals surface area contributed by atoms with Crippen LogP contribution in [0.5, 0.6) is 5.75 Å². The van der Waals surface area contributed by atoms with Gasteiger partial charge in [0.15, 0.2) is 0 Å². The van der Waals surface area contributed by atoms with Crippen LogP contribution in [0.25, 0.3) is 0 Å². The predicted octanol–water partition coefficient (Wildman–Crippen LogP) is 4.46. The van der Waals surface area contributed by atoms with Crippen LogP contribution < -0.4 is 10.5 Å². The van der Waals surface area contributed by atoms with Gasteiger partial charge in [-0.05, 0) is 36.0 Å². The summed E-state index contributed by atoms with van der Waals surface area (Å²) < 4.78 is 5.78. The first-order valence-electron chi connectivity index (χ1n) is 7.22. The Bertz CT molecular complexity index is 449. The fraction of sp³-hybridized carbons (Fsp3) is 0.588. The molecule has 0 aliphatic heterocycles. The summed E-state index contributed by atoms with van der Waals surface area (Å²) in [6.07, 6.45) is 1.94. The van der Waals surface area contributed by atoms with Crippen LogP contribution in [-0.2, 0) is 5.41 Å². The van der Waals surface area contributed by atoms with Crippen LogP contribution in [0.1, 0.15) is 53.0 Å². The topological polar surface area (TPSA) is 35.2 Å². The Kier molecular flexibility index (Phi) is 5.58. The summed E-state index contributed by atoms with van der Waals surface area (Å²) in [5.41, 5.74) is 7.11. The molecular formula is C17H27NOS. The van der Waals surface area contributed by atoms with E-state index >= 15 is 0 Å². The molecule has 0 amide bonds. The fourth-order valence-electron chi connectivity index (χ4n) is 1.75. The lowest BCUT2D eigenvalue weighted by Crippen LogP contribution is -2.31. The zero-order valence-electron chi connectivity index (χ0n) is 13.3.